The van der Waals surface area contributed by atoms with E-state index in [2.05, 4.69) is 15.2 Å². The smallest absolute Gasteiger partial charge is 0.241 e. The van der Waals surface area contributed by atoms with Gasteiger partial charge in [0.2, 0.25) is 11.9 Å². The van der Waals surface area contributed by atoms with Gasteiger partial charge in [-0.25, -0.2) is 5.10 Å². The first-order valence-electron chi connectivity index (χ1n) is 4.92. The number of nitrogen functional groups attached to an aromatic ring is 1. The molecule has 0 atom stereocenters. The summed E-state index contributed by atoms with van der Waals surface area (Å²) in [6.07, 6.45) is 0. The largest absolute Gasteiger partial charge is 0.395 e. The van der Waals surface area contributed by atoms with Crippen LogP contribution in [0.2, 0.25) is 0 Å². The molecule has 2 rings (SSSR count). The van der Waals surface area contributed by atoms with E-state index in [4.69, 9.17) is 10.8 Å². The molecule has 1 heterocycles. The topological polar surface area (TPSA) is 91.1 Å². The van der Waals surface area contributed by atoms with E-state index < -0.39 is 0 Å². The molecule has 6 nitrogen and oxygen atoms in total. The number of hydrogen-bond acceptors (Lipinski definition) is 5. The van der Waals surface area contributed by atoms with Crippen molar-refractivity contribution in [1.29, 1.82) is 0 Å². The lowest BCUT2D eigenvalue weighted by Gasteiger charge is -2.20. The lowest BCUT2D eigenvalue weighted by Crippen LogP contribution is -2.22. The van der Waals surface area contributed by atoms with Gasteiger partial charge in [-0.1, -0.05) is 18.2 Å². The first-order chi connectivity index (χ1) is 7.81. The van der Waals surface area contributed by atoms with Crippen LogP contribution in [-0.4, -0.2) is 33.4 Å². The quantitative estimate of drug-likeness (QED) is 0.697. The summed E-state index contributed by atoms with van der Waals surface area (Å²) in [6, 6.07) is 9.61. The number of nitrogens with one attached hydrogen (secondary N) is 1. The fraction of sp³-hybridized carbons (Fsp3) is 0.200. The van der Waals surface area contributed by atoms with Gasteiger partial charge in [0.05, 0.1) is 6.61 Å². The minimum absolute atomic E-state index is 0.0233. The maximum absolute atomic E-state index is 9.03. The Morgan fingerprint density at radius 2 is 2.06 bits per heavy atom. The maximum atomic E-state index is 9.03. The van der Waals surface area contributed by atoms with Gasteiger partial charge in [0.15, 0.2) is 0 Å². The van der Waals surface area contributed by atoms with Crippen LogP contribution in [0.4, 0.5) is 17.6 Å². The summed E-state index contributed by atoms with van der Waals surface area (Å²) >= 11 is 0. The second-order valence-corrected chi connectivity index (χ2v) is 3.23. The molecule has 0 aliphatic carbocycles. The third kappa shape index (κ3) is 2.12. The predicted molar refractivity (Wildman–Crippen MR) is 61.3 cm³/mol. The van der Waals surface area contributed by atoms with E-state index in [1.807, 2.05) is 35.2 Å². The molecule has 0 spiro atoms. The van der Waals surface area contributed by atoms with Crippen LogP contribution >= 0.6 is 0 Å². The van der Waals surface area contributed by atoms with Gasteiger partial charge in [-0.05, 0) is 12.1 Å². The third-order valence-corrected chi connectivity index (χ3v) is 2.14. The second-order valence-electron chi connectivity index (χ2n) is 3.23. The van der Waals surface area contributed by atoms with Gasteiger partial charge in [-0.2, -0.15) is 4.98 Å². The van der Waals surface area contributed by atoms with Crippen LogP contribution in [-0.2, 0) is 0 Å². The number of aromatic nitrogens is 3. The van der Waals surface area contributed by atoms with Crippen LogP contribution in [0.1, 0.15) is 0 Å². The van der Waals surface area contributed by atoms with Crippen molar-refractivity contribution in [3.63, 3.8) is 0 Å². The molecule has 84 valence electrons. The molecule has 0 saturated heterocycles. The molecular formula is C10H13N5O. The molecular weight excluding hydrogens is 206 g/mol. The number of benzene rings is 1. The Hall–Kier alpha value is -2.08. The average molecular weight is 219 g/mol. The fourth-order valence-corrected chi connectivity index (χ4v) is 1.45. The highest BCUT2D eigenvalue weighted by Crippen LogP contribution is 2.20. The molecule has 0 radical (unpaired) electrons. The average Bonchev–Trinajstić information content (AvgIpc) is 2.74. The van der Waals surface area contributed by atoms with Crippen LogP contribution in [0.25, 0.3) is 0 Å². The van der Waals surface area contributed by atoms with Crippen molar-refractivity contribution in [3.05, 3.63) is 30.3 Å². The molecule has 0 bridgehead atoms. The summed E-state index contributed by atoms with van der Waals surface area (Å²) in [6.45, 7) is 0.453. The van der Waals surface area contributed by atoms with Crippen LogP contribution in [0.5, 0.6) is 0 Å². The van der Waals surface area contributed by atoms with E-state index in [1.54, 1.807) is 0 Å². The Balaban J connectivity index is 2.31. The summed E-state index contributed by atoms with van der Waals surface area (Å²) in [7, 11) is 0. The first kappa shape index (κ1) is 10.4. The zero-order chi connectivity index (χ0) is 11.4. The SMILES string of the molecule is Nc1n[nH]c(N(CCO)c2ccccc2)n1. The molecule has 1 aromatic carbocycles. The molecule has 0 fully saturated rings. The Bertz CT molecular complexity index is 441. The molecule has 0 unspecified atom stereocenters. The Labute approximate surface area is 92.7 Å². The summed E-state index contributed by atoms with van der Waals surface area (Å²) in [5.41, 5.74) is 6.37. The minimum Gasteiger partial charge on any atom is -0.395 e. The number of nitrogens with two attached hydrogens (primary N) is 1. The van der Waals surface area contributed by atoms with E-state index in [1.165, 1.54) is 0 Å². The van der Waals surface area contributed by atoms with Gasteiger partial charge in [0, 0.05) is 12.2 Å². The molecule has 0 amide bonds. The number of anilines is 3. The van der Waals surface area contributed by atoms with Crippen molar-refractivity contribution in [2.75, 3.05) is 23.8 Å². The van der Waals surface area contributed by atoms with Gasteiger partial charge >= 0.3 is 0 Å². The zero-order valence-electron chi connectivity index (χ0n) is 8.67. The highest BCUT2D eigenvalue weighted by Gasteiger charge is 2.11. The van der Waals surface area contributed by atoms with Crippen molar-refractivity contribution >= 4 is 17.6 Å². The number of rotatable bonds is 4. The first-order valence-corrected chi connectivity index (χ1v) is 4.92. The number of nitrogens with zero attached hydrogens (tertiary/aromatic N) is 3. The standard InChI is InChI=1S/C10H13N5O/c11-9-12-10(14-13-9)15(6-7-16)8-4-2-1-3-5-8/h1-5,16H,6-7H2,(H3,11,12,13,14). The van der Waals surface area contributed by atoms with Gasteiger partial charge in [0.1, 0.15) is 0 Å². The van der Waals surface area contributed by atoms with Crippen LogP contribution < -0.4 is 10.6 Å². The summed E-state index contributed by atoms with van der Waals surface area (Å²) in [4.78, 5) is 5.84. The van der Waals surface area contributed by atoms with Crippen molar-refractivity contribution in [2.45, 2.75) is 0 Å². The van der Waals surface area contributed by atoms with Crippen molar-refractivity contribution in [1.82, 2.24) is 15.2 Å². The van der Waals surface area contributed by atoms with E-state index in [0.717, 1.165) is 5.69 Å². The van der Waals surface area contributed by atoms with E-state index >= 15 is 0 Å². The monoisotopic (exact) mass is 219 g/mol. The van der Waals surface area contributed by atoms with Crippen molar-refractivity contribution < 1.29 is 5.11 Å². The van der Waals surface area contributed by atoms with Crippen LogP contribution in [0, 0.1) is 0 Å². The van der Waals surface area contributed by atoms with E-state index in [0.29, 0.717) is 12.5 Å². The third-order valence-electron chi connectivity index (χ3n) is 2.14. The number of aliphatic hydroxyl groups excluding tert-OH is 1. The summed E-state index contributed by atoms with van der Waals surface area (Å²) in [5, 5.41) is 15.5. The molecule has 0 aliphatic heterocycles. The second kappa shape index (κ2) is 4.63. The summed E-state index contributed by atoms with van der Waals surface area (Å²) in [5.74, 6) is 0.714. The molecule has 16 heavy (non-hydrogen) atoms. The minimum atomic E-state index is 0.0233. The Morgan fingerprint density at radius 3 is 2.62 bits per heavy atom. The van der Waals surface area contributed by atoms with E-state index in [-0.39, 0.29) is 12.6 Å². The number of aliphatic hydroxyl groups is 1. The van der Waals surface area contributed by atoms with Crippen LogP contribution in [0.15, 0.2) is 30.3 Å². The number of H-pyrrole nitrogens is 1. The molecule has 0 saturated carbocycles. The fourth-order valence-electron chi connectivity index (χ4n) is 1.45. The van der Waals surface area contributed by atoms with Crippen molar-refractivity contribution in [3.8, 4) is 0 Å². The van der Waals surface area contributed by atoms with Crippen molar-refractivity contribution in [2.24, 2.45) is 0 Å². The normalized spacial score (nSPS) is 10.3. The highest BCUT2D eigenvalue weighted by atomic mass is 16.3. The Morgan fingerprint density at radius 1 is 1.31 bits per heavy atom. The molecule has 2 aromatic rings. The molecule has 6 heteroatoms. The predicted octanol–water partition coefficient (Wildman–Crippen LogP) is 0.517. The van der Waals surface area contributed by atoms with Crippen LogP contribution in [0.3, 0.4) is 0 Å². The maximum Gasteiger partial charge on any atom is 0.241 e. The Kier molecular flexibility index (Phi) is 3.02. The van der Waals surface area contributed by atoms with Gasteiger partial charge in [-0.3, -0.25) is 0 Å². The van der Waals surface area contributed by atoms with Gasteiger partial charge in [0.25, 0.3) is 0 Å². The lowest BCUT2D eigenvalue weighted by molar-refractivity contribution is 0.305. The van der Waals surface area contributed by atoms with E-state index in [9.17, 15) is 0 Å². The number of hydrogen-bond donors (Lipinski definition) is 3. The lowest BCUT2D eigenvalue weighted by atomic mass is 10.3. The summed E-state index contributed by atoms with van der Waals surface area (Å²) < 4.78 is 0. The molecule has 1 aromatic heterocycles. The van der Waals surface area contributed by atoms with Gasteiger partial charge in [-0.15, -0.1) is 5.10 Å². The van der Waals surface area contributed by atoms with Gasteiger partial charge < -0.3 is 15.7 Å². The zero-order valence-corrected chi connectivity index (χ0v) is 8.67. The molecule has 0 aliphatic rings. The highest BCUT2D eigenvalue weighted by molar-refractivity contribution is 5.57. The molecule has 4 N–H and O–H groups in total. The number of para-hydroxylation sites is 1. The number of aromatic amines is 1.